The van der Waals surface area contributed by atoms with E-state index in [4.69, 9.17) is 8.83 Å². The van der Waals surface area contributed by atoms with Crippen LogP contribution in [0.2, 0.25) is 0 Å². The van der Waals surface area contributed by atoms with Crippen LogP contribution in [0.15, 0.2) is 209 Å². The Morgan fingerprint density at radius 1 is 0.309 bits per heavy atom. The van der Waals surface area contributed by atoms with Crippen molar-refractivity contribution in [3.63, 3.8) is 0 Å². The maximum atomic E-state index is 6.88. The van der Waals surface area contributed by atoms with Crippen LogP contribution in [0.5, 0.6) is 0 Å². The van der Waals surface area contributed by atoms with Gasteiger partial charge < -0.3 is 13.7 Å². The van der Waals surface area contributed by atoms with E-state index in [1.54, 1.807) is 0 Å². The average Bonchev–Trinajstić information content (AvgIpc) is 3.83. The third kappa shape index (κ3) is 5.13. The Kier molecular flexibility index (Phi) is 7.17. The number of hydrogen-bond acceptors (Lipinski definition) is 3. The molecule has 11 aromatic rings. The summed E-state index contributed by atoms with van der Waals surface area (Å²) in [5.74, 6) is 0. The van der Waals surface area contributed by atoms with Crippen molar-refractivity contribution < 1.29 is 8.83 Å². The molecular formula is C52H33NO2. The summed E-state index contributed by atoms with van der Waals surface area (Å²) in [7, 11) is 0. The molecular weight excluding hydrogens is 671 g/mol. The molecule has 2 aromatic heterocycles. The van der Waals surface area contributed by atoms with E-state index in [0.717, 1.165) is 88.6 Å². The maximum absolute atomic E-state index is 6.88. The van der Waals surface area contributed by atoms with Crippen molar-refractivity contribution in [3.05, 3.63) is 200 Å². The summed E-state index contributed by atoms with van der Waals surface area (Å²) in [6, 6.07) is 71.0. The minimum atomic E-state index is 0.846. The minimum Gasteiger partial charge on any atom is -0.456 e. The number of nitrogens with zero attached hydrogens (tertiary/aromatic N) is 1. The highest BCUT2D eigenvalue weighted by Gasteiger charge is 2.26. The predicted molar refractivity (Wildman–Crippen MR) is 229 cm³/mol. The number of anilines is 3. The molecule has 0 amide bonds. The van der Waals surface area contributed by atoms with Gasteiger partial charge in [-0.15, -0.1) is 0 Å². The molecule has 0 N–H and O–H groups in total. The Hall–Kier alpha value is -7.36. The summed E-state index contributed by atoms with van der Waals surface area (Å²) in [6.45, 7) is 0. The second-order valence-electron chi connectivity index (χ2n) is 14.0. The van der Waals surface area contributed by atoms with Crippen LogP contribution in [0, 0.1) is 0 Å². The molecule has 0 radical (unpaired) electrons. The van der Waals surface area contributed by atoms with Gasteiger partial charge in [0.15, 0.2) is 5.58 Å². The van der Waals surface area contributed by atoms with Crippen LogP contribution in [0.3, 0.4) is 0 Å². The smallest absolute Gasteiger partial charge is 0.160 e. The number of rotatable bonds is 6. The quantitative estimate of drug-likeness (QED) is 0.173. The first kappa shape index (κ1) is 31.2. The number of furan rings is 2. The second-order valence-corrected chi connectivity index (χ2v) is 14.0. The molecule has 0 unspecified atom stereocenters. The number of fused-ring (bicyclic) bond motifs is 7. The zero-order valence-corrected chi connectivity index (χ0v) is 29.8. The molecule has 0 bridgehead atoms. The first-order valence-electron chi connectivity index (χ1n) is 18.7. The first-order valence-corrected chi connectivity index (χ1v) is 18.7. The molecule has 0 saturated heterocycles. The van der Waals surface area contributed by atoms with Crippen LogP contribution in [0.25, 0.3) is 88.0 Å². The van der Waals surface area contributed by atoms with Crippen LogP contribution in [0.4, 0.5) is 17.1 Å². The average molecular weight is 704 g/mol. The number of benzene rings is 9. The highest BCUT2D eigenvalue weighted by molar-refractivity contribution is 6.16. The molecule has 0 atom stereocenters. The van der Waals surface area contributed by atoms with Crippen molar-refractivity contribution in [1.82, 2.24) is 0 Å². The van der Waals surface area contributed by atoms with E-state index in [1.807, 2.05) is 18.2 Å². The molecule has 11 rings (SSSR count). The Bertz CT molecular complexity index is 3190. The van der Waals surface area contributed by atoms with Crippen molar-refractivity contribution in [2.45, 2.75) is 0 Å². The molecule has 9 aromatic carbocycles. The van der Waals surface area contributed by atoms with Crippen molar-refractivity contribution in [1.29, 1.82) is 0 Å². The maximum Gasteiger partial charge on any atom is 0.160 e. The zero-order chi connectivity index (χ0) is 36.3. The van der Waals surface area contributed by atoms with Crippen LogP contribution in [-0.2, 0) is 0 Å². The highest BCUT2D eigenvalue weighted by atomic mass is 16.3. The summed E-state index contributed by atoms with van der Waals surface area (Å²) in [6.07, 6.45) is 0. The molecule has 0 fully saturated rings. The van der Waals surface area contributed by atoms with E-state index in [1.165, 1.54) is 16.5 Å². The minimum absolute atomic E-state index is 0.846. The molecule has 0 spiro atoms. The Morgan fingerprint density at radius 3 is 1.56 bits per heavy atom. The summed E-state index contributed by atoms with van der Waals surface area (Å²) in [4.78, 5) is 2.40. The third-order valence-corrected chi connectivity index (χ3v) is 10.9. The second kappa shape index (κ2) is 12.6. The van der Waals surface area contributed by atoms with E-state index in [-0.39, 0.29) is 0 Å². The Morgan fingerprint density at radius 2 is 0.836 bits per heavy atom. The Labute approximate surface area is 317 Å². The largest absolute Gasteiger partial charge is 0.456 e. The SMILES string of the molecule is c1ccc(-c2ccc3c(oc4ccccc43)c2N(c2ccc(-c3ccc4c(c3)oc3ccccc34)cc2)c2ccc(-c3ccccc3)c3ccccc23)cc1. The highest BCUT2D eigenvalue weighted by Crippen LogP contribution is 2.50. The molecule has 0 saturated carbocycles. The van der Waals surface area contributed by atoms with Crippen LogP contribution < -0.4 is 4.90 Å². The van der Waals surface area contributed by atoms with Gasteiger partial charge >= 0.3 is 0 Å². The van der Waals surface area contributed by atoms with Gasteiger partial charge in [0.05, 0.1) is 11.4 Å². The third-order valence-electron chi connectivity index (χ3n) is 10.9. The van der Waals surface area contributed by atoms with E-state index in [0.29, 0.717) is 0 Å². The van der Waals surface area contributed by atoms with Gasteiger partial charge in [0, 0.05) is 38.2 Å². The summed E-state index contributed by atoms with van der Waals surface area (Å²) < 4.78 is 13.2. The van der Waals surface area contributed by atoms with Gasteiger partial charge in [-0.1, -0.05) is 152 Å². The molecule has 3 nitrogen and oxygen atoms in total. The lowest BCUT2D eigenvalue weighted by Gasteiger charge is -2.29. The van der Waals surface area contributed by atoms with Crippen molar-refractivity contribution >= 4 is 71.7 Å². The van der Waals surface area contributed by atoms with Gasteiger partial charge in [0.2, 0.25) is 0 Å². The predicted octanol–water partition coefficient (Wildman–Crippen LogP) is 15.1. The van der Waals surface area contributed by atoms with E-state index < -0.39 is 0 Å². The van der Waals surface area contributed by atoms with Gasteiger partial charge in [-0.3, -0.25) is 0 Å². The van der Waals surface area contributed by atoms with E-state index in [2.05, 4.69) is 187 Å². The van der Waals surface area contributed by atoms with Crippen LogP contribution >= 0.6 is 0 Å². The molecule has 2 heterocycles. The standard InChI is InChI=1S/C52H33NO2/c1-3-13-35(14-4-1)39-31-32-47(42-18-8-7-17-41(39)42)53(38-26-23-34(24-27-38)37-25-28-45-43-19-9-11-21-48(43)54-50(45)33-37)51-40(36-15-5-2-6-16-36)29-30-46-44-20-10-12-22-49(44)55-52(46)51/h1-33H. The van der Waals surface area contributed by atoms with Gasteiger partial charge in [-0.2, -0.15) is 0 Å². The van der Waals surface area contributed by atoms with E-state index >= 15 is 0 Å². The Balaban J connectivity index is 1.17. The van der Waals surface area contributed by atoms with Crippen molar-refractivity contribution in [3.8, 4) is 33.4 Å². The fraction of sp³-hybridized carbons (Fsp3) is 0. The molecule has 258 valence electrons. The van der Waals surface area contributed by atoms with Crippen molar-refractivity contribution in [2.75, 3.05) is 4.90 Å². The lowest BCUT2D eigenvalue weighted by Crippen LogP contribution is -2.12. The van der Waals surface area contributed by atoms with Gasteiger partial charge in [0.1, 0.15) is 16.7 Å². The topological polar surface area (TPSA) is 29.5 Å². The van der Waals surface area contributed by atoms with Gasteiger partial charge in [-0.25, -0.2) is 0 Å². The molecule has 0 aliphatic rings. The van der Waals surface area contributed by atoms with Crippen LogP contribution in [-0.4, -0.2) is 0 Å². The monoisotopic (exact) mass is 703 g/mol. The summed E-state index contributed by atoms with van der Waals surface area (Å²) in [5.41, 5.74) is 13.4. The normalized spacial score (nSPS) is 11.6. The summed E-state index contributed by atoms with van der Waals surface area (Å²) >= 11 is 0. The fourth-order valence-corrected chi connectivity index (χ4v) is 8.29. The number of hydrogen-bond donors (Lipinski definition) is 0. The molecule has 55 heavy (non-hydrogen) atoms. The van der Waals surface area contributed by atoms with Crippen molar-refractivity contribution in [2.24, 2.45) is 0 Å². The van der Waals surface area contributed by atoms with Gasteiger partial charge in [-0.05, 0) is 81.7 Å². The molecule has 3 heteroatoms. The van der Waals surface area contributed by atoms with E-state index in [9.17, 15) is 0 Å². The first-order chi connectivity index (χ1) is 27.3. The summed E-state index contributed by atoms with van der Waals surface area (Å²) in [5, 5.41) is 6.77. The molecule has 0 aliphatic heterocycles. The van der Waals surface area contributed by atoms with Gasteiger partial charge in [0.25, 0.3) is 0 Å². The fourth-order valence-electron chi connectivity index (χ4n) is 8.29. The zero-order valence-electron chi connectivity index (χ0n) is 29.8. The lowest BCUT2D eigenvalue weighted by molar-refractivity contribution is 0.669. The number of para-hydroxylation sites is 2. The molecule has 0 aliphatic carbocycles. The van der Waals surface area contributed by atoms with Crippen LogP contribution in [0.1, 0.15) is 0 Å². The lowest BCUT2D eigenvalue weighted by atomic mass is 9.95.